The number of rotatable bonds is 21. The van der Waals surface area contributed by atoms with Crippen LogP contribution in [-0.2, 0) is 61.2 Å². The van der Waals surface area contributed by atoms with Crippen LogP contribution < -0.4 is 34.7 Å². The van der Waals surface area contributed by atoms with Gasteiger partial charge >= 0.3 is 152 Å². The summed E-state index contributed by atoms with van der Waals surface area (Å²) < 4.78 is 15.2. The van der Waals surface area contributed by atoms with Crippen LogP contribution in [0.1, 0.15) is 50.9 Å². The second-order valence-electron chi connectivity index (χ2n) is 9.93. The molecular weight excluding hydrogens is 930 g/mol. The SMILES string of the molecule is CCOC(=O)CC(O)(CC(=O)OCC)C(=O)OCC.C[CH2][Hg][S]c1ccccc1C(=O)[O-].O=C(O)C(O)C(O)C(=O)O.OCCN(CCO)CCO.[Na+]. The zero-order chi connectivity index (χ0) is 40.7. The van der Waals surface area contributed by atoms with Crippen LogP contribution in [0, 0.1) is 0 Å². The Morgan fingerprint density at radius 1 is 0.774 bits per heavy atom. The number of carbonyl (C=O) groups is 6. The van der Waals surface area contributed by atoms with E-state index in [9.17, 15) is 39.0 Å². The van der Waals surface area contributed by atoms with Gasteiger partial charge in [-0.15, -0.1) is 0 Å². The van der Waals surface area contributed by atoms with Gasteiger partial charge in [-0.25, -0.2) is 14.4 Å². The van der Waals surface area contributed by atoms with E-state index in [1.54, 1.807) is 46.0 Å². The first kappa shape index (κ1) is 57.8. The Bertz CT molecular complexity index is 1150. The van der Waals surface area contributed by atoms with Gasteiger partial charge in [-0.3, -0.25) is 14.5 Å². The average molecular weight is 980 g/mol. The molecule has 0 spiro atoms. The van der Waals surface area contributed by atoms with E-state index in [4.69, 9.17) is 35.7 Å². The Morgan fingerprint density at radius 3 is 1.49 bits per heavy atom. The first-order valence-corrected chi connectivity index (χ1v) is 27.6. The molecule has 2 unspecified atom stereocenters. The van der Waals surface area contributed by atoms with Crippen LogP contribution in [0.15, 0.2) is 29.2 Å². The van der Waals surface area contributed by atoms with Crippen molar-refractivity contribution < 1.29 is 142 Å². The quantitative estimate of drug-likeness (QED) is 0.0325. The van der Waals surface area contributed by atoms with Crippen LogP contribution in [0.4, 0.5) is 0 Å². The fourth-order valence-electron chi connectivity index (χ4n) is 3.38. The molecule has 19 nitrogen and oxygen atoms in total. The molecule has 2 atom stereocenters. The molecule has 0 heterocycles. The molecule has 53 heavy (non-hydrogen) atoms. The maximum absolute atomic E-state index is 11.7. The van der Waals surface area contributed by atoms with Gasteiger partial charge in [0.05, 0.1) is 52.5 Å². The molecule has 22 heteroatoms. The van der Waals surface area contributed by atoms with Crippen LogP contribution >= 0.6 is 8.24 Å². The molecule has 0 aromatic heterocycles. The predicted octanol–water partition coefficient (Wildman–Crippen LogP) is -5.09. The van der Waals surface area contributed by atoms with Crippen molar-refractivity contribution in [3.8, 4) is 0 Å². The molecule has 1 aromatic carbocycles. The molecule has 1 aromatic rings. The van der Waals surface area contributed by atoms with Gasteiger partial charge in [-0.05, 0) is 20.8 Å². The van der Waals surface area contributed by atoms with E-state index in [-0.39, 0.29) is 69.2 Å². The number of carbonyl (C=O) groups excluding carboxylic acids is 4. The fourth-order valence-corrected chi connectivity index (χ4v) is 12.2. The molecule has 0 bridgehead atoms. The van der Waals surface area contributed by atoms with E-state index in [0.29, 0.717) is 25.2 Å². The molecule has 0 saturated heterocycles. The Hall–Kier alpha value is -1.95. The van der Waals surface area contributed by atoms with Gasteiger partial charge in [0.25, 0.3) is 0 Å². The van der Waals surface area contributed by atoms with Crippen molar-refractivity contribution in [2.75, 3.05) is 59.3 Å². The number of aliphatic carboxylic acids is 2. The number of esters is 3. The van der Waals surface area contributed by atoms with E-state index in [1.165, 1.54) is 3.93 Å². The molecule has 0 amide bonds. The summed E-state index contributed by atoms with van der Waals surface area (Å²) in [4.78, 5) is 67.3. The number of nitrogens with zero attached hydrogens (tertiary/aromatic N) is 1. The monoisotopic (exact) mass is 981 g/mol. The number of hydrogen-bond acceptors (Lipinski definition) is 18. The zero-order valence-electron chi connectivity index (χ0n) is 30.7. The van der Waals surface area contributed by atoms with E-state index in [2.05, 4.69) is 21.1 Å². The van der Waals surface area contributed by atoms with Crippen molar-refractivity contribution in [2.24, 2.45) is 0 Å². The summed E-state index contributed by atoms with van der Waals surface area (Å²) in [6, 6.07) is 7.09. The van der Waals surface area contributed by atoms with Crippen molar-refractivity contribution in [1.29, 1.82) is 0 Å². The summed E-state index contributed by atoms with van der Waals surface area (Å²) in [7, 11) is 1.78. The van der Waals surface area contributed by atoms with Crippen molar-refractivity contribution in [1.82, 2.24) is 4.90 Å². The third-order valence-corrected chi connectivity index (χ3v) is 17.8. The van der Waals surface area contributed by atoms with E-state index in [0.717, 1.165) is 4.90 Å². The minimum Gasteiger partial charge on any atom is -0.479 e. The number of aliphatic hydroxyl groups excluding tert-OH is 5. The van der Waals surface area contributed by atoms with E-state index < -0.39 is 89.5 Å². The Kier molecular flexibility index (Phi) is 38.9. The summed E-state index contributed by atoms with van der Waals surface area (Å²) in [5, 5.41) is 78.8. The molecular formula is C31H50HgNNaO18S. The summed E-state index contributed by atoms with van der Waals surface area (Å²) in [5.41, 5.74) is -1.91. The normalized spacial score (nSPS) is 11.2. The maximum atomic E-state index is 11.7. The molecule has 0 fully saturated rings. The molecule has 0 aliphatic rings. The van der Waals surface area contributed by atoms with Crippen molar-refractivity contribution in [2.45, 2.75) is 67.2 Å². The second kappa shape index (κ2) is 35.7. The summed E-state index contributed by atoms with van der Waals surface area (Å²) in [6.07, 6.45) is -5.84. The number of hydrogen-bond donors (Lipinski definition) is 8. The average Bonchev–Trinajstić information content (AvgIpc) is 3.08. The molecule has 0 saturated carbocycles. The number of benzene rings is 1. The summed E-state index contributed by atoms with van der Waals surface area (Å²) in [6.45, 7) is 8.88. The molecule has 0 radical (unpaired) electrons. The zero-order valence-corrected chi connectivity index (χ0v) is 39.0. The Labute approximate surface area is 344 Å². The van der Waals surface area contributed by atoms with Crippen LogP contribution in [0.5, 0.6) is 0 Å². The first-order chi connectivity index (χ1) is 24.5. The minimum absolute atomic E-state index is 0. The smallest absolute Gasteiger partial charge is 0.479 e. The van der Waals surface area contributed by atoms with Gasteiger partial charge in [-0.2, -0.15) is 0 Å². The number of aromatic carboxylic acids is 1. The Balaban J connectivity index is -0.000000312. The topological polar surface area (TPSA) is 318 Å². The minimum atomic E-state index is -2.27. The van der Waals surface area contributed by atoms with Crippen molar-refractivity contribution in [3.05, 3.63) is 29.8 Å². The standard InChI is InChI=1S/C12H20O7.C7H6O2S.C6H15NO3.C4H6O6.C2H5.Hg.Na/c1-4-17-9(13)7-12(16,11(15)19-6-3)8-10(14)18-5-2;8-7(9)5-3-1-2-4-6(5)10;8-4-1-7(2-5-9)3-6-10;5-1(3(7)8)2(6)4(9)10;1-2;;/h16H,4-8H2,1-3H3;1-4,10H,(H,8,9);8-10H,1-6H2;1-2,5-6H,(H,7,8)(H,9,10);1H2,2H3;;/q;;;;;2*+1/p-2. The maximum Gasteiger partial charge on any atom is 1.00 e. The summed E-state index contributed by atoms with van der Waals surface area (Å²) in [5.74, 6) is -7.22. The van der Waals surface area contributed by atoms with Crippen LogP contribution in [0.3, 0.4) is 0 Å². The van der Waals surface area contributed by atoms with Crippen molar-refractivity contribution in [3.63, 3.8) is 0 Å². The van der Waals surface area contributed by atoms with Gasteiger partial charge in [0, 0.05) is 19.6 Å². The van der Waals surface area contributed by atoms with Crippen LogP contribution in [0.25, 0.3) is 0 Å². The first-order valence-electron chi connectivity index (χ1n) is 16.0. The predicted molar refractivity (Wildman–Crippen MR) is 176 cm³/mol. The van der Waals surface area contributed by atoms with E-state index in [1.807, 2.05) is 12.1 Å². The number of carboxylic acids is 3. The Morgan fingerprint density at radius 2 is 1.17 bits per heavy atom. The fraction of sp³-hybridized carbons (Fsp3) is 0.613. The number of ether oxygens (including phenoxy) is 3. The van der Waals surface area contributed by atoms with Gasteiger partial charge in [0.2, 0.25) is 0 Å². The molecule has 0 aliphatic heterocycles. The third-order valence-electron chi connectivity index (χ3n) is 5.76. The number of carboxylic acid groups (broad SMARTS) is 3. The van der Waals surface area contributed by atoms with Gasteiger partial charge in [0.15, 0.2) is 17.8 Å². The van der Waals surface area contributed by atoms with Crippen molar-refractivity contribution >= 4 is 44.1 Å². The third kappa shape index (κ3) is 29.1. The molecule has 1 rings (SSSR count). The van der Waals surface area contributed by atoms with Gasteiger partial charge in [0.1, 0.15) is 0 Å². The largest absolute Gasteiger partial charge is 1.00 e. The summed E-state index contributed by atoms with van der Waals surface area (Å²) >= 11 is -0.888. The van der Waals surface area contributed by atoms with E-state index >= 15 is 0 Å². The number of aliphatic hydroxyl groups is 6. The molecule has 0 aliphatic carbocycles. The van der Waals surface area contributed by atoms with Crippen LogP contribution in [0.2, 0.25) is 3.93 Å². The molecule has 8 N–H and O–H groups in total. The van der Waals surface area contributed by atoms with Gasteiger partial charge in [-0.1, -0.05) is 0 Å². The van der Waals surface area contributed by atoms with Crippen LogP contribution in [-0.4, -0.2) is 159 Å². The van der Waals surface area contributed by atoms with Gasteiger partial charge < -0.3 is 55.1 Å². The second-order valence-corrected chi connectivity index (χ2v) is 23.1. The molecule has 296 valence electrons.